The van der Waals surface area contributed by atoms with Crippen LogP contribution in [0.4, 0.5) is 8.78 Å². The van der Waals surface area contributed by atoms with E-state index in [1.165, 1.54) is 18.3 Å². The first-order valence-electron chi connectivity index (χ1n) is 8.22. The van der Waals surface area contributed by atoms with Crippen LogP contribution >= 0.6 is 0 Å². The Morgan fingerprint density at radius 1 is 1.08 bits per heavy atom. The lowest BCUT2D eigenvalue weighted by molar-refractivity contribution is 0.149. The fourth-order valence-electron chi connectivity index (χ4n) is 1.81. The van der Waals surface area contributed by atoms with Crippen LogP contribution in [-0.2, 0) is 6.42 Å². The summed E-state index contributed by atoms with van der Waals surface area (Å²) in [6.45, 7) is 10.0. The molecule has 2 aromatic heterocycles. The van der Waals surface area contributed by atoms with E-state index >= 15 is 0 Å². The molecule has 24 heavy (non-hydrogen) atoms. The van der Waals surface area contributed by atoms with Crippen LogP contribution in [0, 0.1) is 0 Å². The van der Waals surface area contributed by atoms with Crippen molar-refractivity contribution in [2.75, 3.05) is 7.11 Å². The highest BCUT2D eigenvalue weighted by molar-refractivity contribution is 5.20. The molecule has 0 radical (unpaired) electrons. The molecular weight excluding hydrogens is 310 g/mol. The number of ether oxygens (including phenoxy) is 1. The average Bonchev–Trinajstić information content (AvgIpc) is 2.63. The third kappa shape index (κ3) is 7.49. The summed E-state index contributed by atoms with van der Waals surface area (Å²) in [6, 6.07) is 8.76. The fourth-order valence-corrected chi connectivity index (χ4v) is 1.81. The molecule has 0 aliphatic heterocycles. The molecule has 0 N–H and O–H groups in total. The number of aromatic nitrogens is 2. The smallest absolute Gasteiger partial charge is 0.265 e. The third-order valence-electron chi connectivity index (χ3n) is 3.04. The number of pyridine rings is 2. The predicted molar refractivity (Wildman–Crippen MR) is 94.8 cm³/mol. The van der Waals surface area contributed by atoms with Gasteiger partial charge in [-0.1, -0.05) is 40.7 Å². The molecule has 0 unspecified atom stereocenters. The Morgan fingerprint density at radius 2 is 1.75 bits per heavy atom. The molecule has 0 aliphatic carbocycles. The van der Waals surface area contributed by atoms with Gasteiger partial charge in [-0.25, -0.2) is 13.8 Å². The molecule has 0 bridgehead atoms. The summed E-state index contributed by atoms with van der Waals surface area (Å²) >= 11 is 0. The summed E-state index contributed by atoms with van der Waals surface area (Å²) < 4.78 is 29.3. The van der Waals surface area contributed by atoms with Crippen molar-refractivity contribution in [2.24, 2.45) is 0 Å². The van der Waals surface area contributed by atoms with Gasteiger partial charge >= 0.3 is 0 Å². The summed E-state index contributed by atoms with van der Waals surface area (Å²) in [5.41, 5.74) is 1.61. The molecule has 5 heteroatoms. The number of methoxy groups -OCH3 is 1. The quantitative estimate of drug-likeness (QED) is 0.704. The first-order chi connectivity index (χ1) is 11.5. The highest BCUT2D eigenvalue weighted by Gasteiger charge is 2.10. The van der Waals surface area contributed by atoms with E-state index in [9.17, 15) is 8.78 Å². The molecule has 0 aromatic carbocycles. The second kappa shape index (κ2) is 12.4. The lowest BCUT2D eigenvalue weighted by Crippen LogP contribution is -1.95. The van der Waals surface area contributed by atoms with E-state index < -0.39 is 6.43 Å². The molecule has 0 aliphatic rings. The van der Waals surface area contributed by atoms with Crippen molar-refractivity contribution in [2.45, 2.75) is 53.4 Å². The van der Waals surface area contributed by atoms with E-state index in [0.717, 1.165) is 5.69 Å². The Kier molecular flexibility index (Phi) is 11.3. The van der Waals surface area contributed by atoms with Crippen molar-refractivity contribution in [3.63, 3.8) is 0 Å². The maximum absolute atomic E-state index is 12.2. The Balaban J connectivity index is 0.000000400. The highest BCUT2D eigenvalue weighted by Crippen LogP contribution is 2.20. The third-order valence-corrected chi connectivity index (χ3v) is 3.04. The highest BCUT2D eigenvalue weighted by atomic mass is 19.3. The first-order valence-corrected chi connectivity index (χ1v) is 8.22. The molecule has 0 saturated heterocycles. The molecule has 134 valence electrons. The number of hydrogen-bond acceptors (Lipinski definition) is 3. The van der Waals surface area contributed by atoms with Gasteiger partial charge in [0.1, 0.15) is 0 Å². The number of rotatable bonds is 4. The molecule has 0 saturated carbocycles. The summed E-state index contributed by atoms with van der Waals surface area (Å²) in [4.78, 5) is 8.11. The van der Waals surface area contributed by atoms with Crippen LogP contribution in [0.15, 0.2) is 36.5 Å². The standard InChI is InChI=1S/C9H13NO.C8H9F2N.C2H6/c1-7(2)8-5-4-6-9(10-8)11-3;1-2-7-6(8(9)10)4-3-5-11-7;1-2/h4-7H,1-3H3;3-5,8H,2H2,1H3;1-2H3. The van der Waals surface area contributed by atoms with Crippen LogP contribution in [0.3, 0.4) is 0 Å². The lowest BCUT2D eigenvalue weighted by Gasteiger charge is -2.04. The molecule has 0 atom stereocenters. The number of hydrogen-bond donors (Lipinski definition) is 0. The Hall–Kier alpha value is -2.04. The second-order valence-corrected chi connectivity index (χ2v) is 4.95. The normalized spacial score (nSPS) is 9.75. The SMILES string of the molecule is CC.CCc1ncccc1C(F)F.COc1cccc(C(C)C)n1. The van der Waals surface area contributed by atoms with Crippen LogP contribution in [0.1, 0.15) is 63.9 Å². The van der Waals surface area contributed by atoms with E-state index in [0.29, 0.717) is 23.9 Å². The van der Waals surface area contributed by atoms with E-state index in [2.05, 4.69) is 23.8 Å². The van der Waals surface area contributed by atoms with Gasteiger partial charge in [-0.15, -0.1) is 0 Å². The van der Waals surface area contributed by atoms with Crippen molar-refractivity contribution in [3.8, 4) is 5.88 Å². The van der Waals surface area contributed by atoms with Crippen molar-refractivity contribution in [1.82, 2.24) is 9.97 Å². The van der Waals surface area contributed by atoms with Gasteiger partial charge in [0.2, 0.25) is 5.88 Å². The summed E-state index contributed by atoms with van der Waals surface area (Å²) in [5, 5.41) is 0. The summed E-state index contributed by atoms with van der Waals surface area (Å²) in [7, 11) is 1.63. The topological polar surface area (TPSA) is 35.0 Å². The van der Waals surface area contributed by atoms with E-state index in [-0.39, 0.29) is 5.56 Å². The van der Waals surface area contributed by atoms with Crippen LogP contribution in [0.2, 0.25) is 0 Å². The number of aryl methyl sites for hydroxylation is 1. The fraction of sp³-hybridized carbons (Fsp3) is 0.474. The minimum absolute atomic E-state index is 0.0509. The number of alkyl halides is 2. The van der Waals surface area contributed by atoms with Crippen molar-refractivity contribution in [3.05, 3.63) is 53.5 Å². The number of nitrogens with zero attached hydrogens (tertiary/aromatic N) is 2. The van der Waals surface area contributed by atoms with Crippen molar-refractivity contribution in [1.29, 1.82) is 0 Å². The van der Waals surface area contributed by atoms with Crippen LogP contribution in [-0.4, -0.2) is 17.1 Å². The van der Waals surface area contributed by atoms with Gasteiger partial charge in [-0.05, 0) is 30.5 Å². The summed E-state index contributed by atoms with van der Waals surface area (Å²) in [6.07, 6.45) is -0.316. The van der Waals surface area contributed by atoms with E-state index in [1.807, 2.05) is 39.0 Å². The lowest BCUT2D eigenvalue weighted by atomic mass is 10.1. The zero-order valence-electron chi connectivity index (χ0n) is 15.4. The van der Waals surface area contributed by atoms with Gasteiger partial charge in [-0.2, -0.15) is 0 Å². The largest absolute Gasteiger partial charge is 0.481 e. The van der Waals surface area contributed by atoms with Crippen LogP contribution in [0.5, 0.6) is 5.88 Å². The van der Waals surface area contributed by atoms with Gasteiger partial charge < -0.3 is 4.74 Å². The van der Waals surface area contributed by atoms with E-state index in [4.69, 9.17) is 4.74 Å². The monoisotopic (exact) mass is 338 g/mol. The second-order valence-electron chi connectivity index (χ2n) is 4.95. The zero-order chi connectivity index (χ0) is 18.5. The molecule has 2 heterocycles. The Bertz CT molecular complexity index is 575. The van der Waals surface area contributed by atoms with Crippen LogP contribution in [0.25, 0.3) is 0 Å². The van der Waals surface area contributed by atoms with E-state index in [1.54, 1.807) is 7.11 Å². The Labute approximate surface area is 144 Å². The average molecular weight is 338 g/mol. The van der Waals surface area contributed by atoms with Gasteiger partial charge in [0.05, 0.1) is 7.11 Å². The zero-order valence-corrected chi connectivity index (χ0v) is 15.4. The minimum atomic E-state index is -2.40. The Morgan fingerprint density at radius 3 is 2.21 bits per heavy atom. The first kappa shape index (κ1) is 22.0. The molecule has 3 nitrogen and oxygen atoms in total. The molecule has 0 fully saturated rings. The van der Waals surface area contributed by atoms with Crippen LogP contribution < -0.4 is 4.74 Å². The number of halogens is 2. The molecule has 0 spiro atoms. The molecule has 2 rings (SSSR count). The van der Waals surface area contributed by atoms with Crippen molar-refractivity contribution < 1.29 is 13.5 Å². The molecule has 0 amide bonds. The van der Waals surface area contributed by atoms with Gasteiger partial charge in [0.15, 0.2) is 0 Å². The minimum Gasteiger partial charge on any atom is -0.481 e. The van der Waals surface area contributed by atoms with Gasteiger partial charge in [0, 0.05) is 29.2 Å². The maximum atomic E-state index is 12.2. The maximum Gasteiger partial charge on any atom is 0.265 e. The summed E-state index contributed by atoms with van der Waals surface area (Å²) in [5.74, 6) is 1.15. The van der Waals surface area contributed by atoms with Gasteiger partial charge in [-0.3, -0.25) is 4.98 Å². The van der Waals surface area contributed by atoms with Gasteiger partial charge in [0.25, 0.3) is 6.43 Å². The molecule has 2 aromatic rings. The molecular formula is C19H28F2N2O. The van der Waals surface area contributed by atoms with Crippen molar-refractivity contribution >= 4 is 0 Å². The predicted octanol–water partition coefficient (Wildman–Crippen LogP) is 5.82.